The Bertz CT molecular complexity index is 1060. The standard InChI is InChI=1S/C14H10ClN3O5/c1-18-9-3-5(2-8(15)11(9)22-14(18)21)10(19)6-4-7(6)12-16-13(20)23-17-12/h2-3,6-7H,4H2,1H3,(H,16,17,20)/t6-,7-/m0/s1. The molecule has 2 atom stereocenters. The predicted octanol–water partition coefficient (Wildman–Crippen LogP) is 1.45. The minimum Gasteiger partial charge on any atom is -0.406 e. The molecule has 0 bridgehead atoms. The number of aromatic amines is 1. The summed E-state index contributed by atoms with van der Waals surface area (Å²) in [7, 11) is 1.54. The Labute approximate surface area is 132 Å². The zero-order valence-electron chi connectivity index (χ0n) is 11.8. The van der Waals surface area contributed by atoms with Gasteiger partial charge in [0, 0.05) is 24.4 Å². The zero-order valence-corrected chi connectivity index (χ0v) is 12.6. The smallest absolute Gasteiger partial charge is 0.406 e. The molecular weight excluding hydrogens is 326 g/mol. The molecule has 8 nitrogen and oxygen atoms in total. The number of aryl methyl sites for hydroxylation is 1. The second-order valence-corrected chi connectivity index (χ2v) is 5.93. The van der Waals surface area contributed by atoms with Crippen LogP contribution in [0.4, 0.5) is 0 Å². The third-order valence-corrected chi connectivity index (χ3v) is 4.35. The van der Waals surface area contributed by atoms with Crippen molar-refractivity contribution in [1.29, 1.82) is 0 Å². The minimum absolute atomic E-state index is 0.128. The highest BCUT2D eigenvalue weighted by Crippen LogP contribution is 2.48. The van der Waals surface area contributed by atoms with E-state index in [0.717, 1.165) is 0 Å². The number of nitrogens with one attached hydrogen (secondary N) is 1. The number of hydrogen-bond donors (Lipinski definition) is 1. The number of H-pyrrole nitrogens is 1. The van der Waals surface area contributed by atoms with E-state index in [0.29, 0.717) is 23.3 Å². The number of benzene rings is 1. The quantitative estimate of drug-likeness (QED) is 0.725. The number of ketones is 1. The highest BCUT2D eigenvalue weighted by atomic mass is 35.5. The number of halogens is 1. The molecule has 0 radical (unpaired) electrons. The van der Waals surface area contributed by atoms with E-state index in [1.54, 1.807) is 13.1 Å². The molecule has 2 aromatic heterocycles. The van der Waals surface area contributed by atoms with E-state index in [9.17, 15) is 14.4 Å². The van der Waals surface area contributed by atoms with E-state index >= 15 is 0 Å². The summed E-state index contributed by atoms with van der Waals surface area (Å²) < 4.78 is 10.8. The summed E-state index contributed by atoms with van der Waals surface area (Å²) >= 11 is 6.10. The van der Waals surface area contributed by atoms with E-state index in [2.05, 4.69) is 14.7 Å². The molecule has 0 saturated heterocycles. The van der Waals surface area contributed by atoms with Gasteiger partial charge in [-0.2, -0.15) is 0 Å². The van der Waals surface area contributed by atoms with Gasteiger partial charge in [0.05, 0.1) is 10.5 Å². The number of Topliss-reactive ketones (excluding diaryl/α,β-unsaturated/α-hetero) is 1. The maximum atomic E-state index is 12.6. The first kappa shape index (κ1) is 14.0. The lowest BCUT2D eigenvalue weighted by molar-refractivity contribution is 0.0965. The maximum Gasteiger partial charge on any atom is 0.438 e. The number of fused-ring (bicyclic) bond motifs is 1. The topological polar surface area (TPSA) is 111 Å². The number of rotatable bonds is 3. The van der Waals surface area contributed by atoms with Crippen LogP contribution in [0.5, 0.6) is 0 Å². The lowest BCUT2D eigenvalue weighted by Crippen LogP contribution is -2.09. The lowest BCUT2D eigenvalue weighted by atomic mass is 10.1. The van der Waals surface area contributed by atoms with Gasteiger partial charge in [0.15, 0.2) is 17.2 Å². The number of nitrogens with zero attached hydrogens (tertiary/aromatic N) is 2. The largest absolute Gasteiger partial charge is 0.438 e. The van der Waals surface area contributed by atoms with E-state index in [4.69, 9.17) is 16.0 Å². The molecule has 1 N–H and O–H groups in total. The van der Waals surface area contributed by atoms with Gasteiger partial charge >= 0.3 is 11.5 Å². The summed E-state index contributed by atoms with van der Waals surface area (Å²) in [6, 6.07) is 3.06. The Morgan fingerprint density at radius 1 is 1.43 bits per heavy atom. The molecule has 1 saturated carbocycles. The first-order valence-electron chi connectivity index (χ1n) is 6.85. The average molecular weight is 336 g/mol. The Kier molecular flexibility index (Phi) is 2.86. The Balaban J connectivity index is 1.70. The summed E-state index contributed by atoms with van der Waals surface area (Å²) in [5, 5.41) is 3.81. The van der Waals surface area contributed by atoms with Gasteiger partial charge in [-0.1, -0.05) is 16.8 Å². The zero-order chi connectivity index (χ0) is 16.3. The van der Waals surface area contributed by atoms with Crippen LogP contribution < -0.4 is 11.5 Å². The Hall–Kier alpha value is -2.61. The van der Waals surface area contributed by atoms with Crippen molar-refractivity contribution in [3.05, 3.63) is 49.6 Å². The van der Waals surface area contributed by atoms with Crippen molar-refractivity contribution in [2.45, 2.75) is 12.3 Å². The van der Waals surface area contributed by atoms with Crippen LogP contribution in [-0.2, 0) is 7.05 Å². The van der Waals surface area contributed by atoms with Crippen molar-refractivity contribution in [1.82, 2.24) is 14.7 Å². The van der Waals surface area contributed by atoms with Crippen LogP contribution in [0, 0.1) is 5.92 Å². The van der Waals surface area contributed by atoms with Gasteiger partial charge in [-0.25, -0.2) is 9.59 Å². The van der Waals surface area contributed by atoms with E-state index in [-0.39, 0.29) is 28.2 Å². The molecule has 1 aliphatic carbocycles. The molecule has 1 fully saturated rings. The molecule has 0 unspecified atom stereocenters. The van der Waals surface area contributed by atoms with Crippen LogP contribution in [0.2, 0.25) is 5.02 Å². The van der Waals surface area contributed by atoms with Crippen molar-refractivity contribution in [2.24, 2.45) is 13.0 Å². The number of carbonyl (C=O) groups excluding carboxylic acids is 1. The van der Waals surface area contributed by atoms with Gasteiger partial charge in [-0.3, -0.25) is 18.9 Å². The third kappa shape index (κ3) is 2.14. The predicted molar refractivity (Wildman–Crippen MR) is 78.8 cm³/mol. The van der Waals surface area contributed by atoms with Crippen molar-refractivity contribution in [3.8, 4) is 0 Å². The van der Waals surface area contributed by atoms with Gasteiger partial charge in [-0.15, -0.1) is 0 Å². The van der Waals surface area contributed by atoms with Crippen LogP contribution in [0.3, 0.4) is 0 Å². The molecule has 9 heteroatoms. The molecule has 0 aliphatic heterocycles. The van der Waals surface area contributed by atoms with Crippen molar-refractivity contribution >= 4 is 28.5 Å². The number of aromatic nitrogens is 3. The molecule has 118 valence electrons. The van der Waals surface area contributed by atoms with Gasteiger partial charge < -0.3 is 4.42 Å². The van der Waals surface area contributed by atoms with Gasteiger partial charge in [-0.05, 0) is 18.6 Å². The molecule has 4 rings (SSSR count). The number of oxazole rings is 1. The van der Waals surface area contributed by atoms with Crippen LogP contribution >= 0.6 is 11.6 Å². The highest BCUT2D eigenvalue weighted by Gasteiger charge is 2.46. The Morgan fingerprint density at radius 3 is 2.91 bits per heavy atom. The third-order valence-electron chi connectivity index (χ3n) is 4.07. The van der Waals surface area contributed by atoms with Crippen LogP contribution in [-0.4, -0.2) is 20.5 Å². The molecule has 0 spiro atoms. The highest BCUT2D eigenvalue weighted by molar-refractivity contribution is 6.35. The molecule has 1 aliphatic rings. The number of hydrogen-bond acceptors (Lipinski definition) is 6. The van der Waals surface area contributed by atoms with Crippen LogP contribution in [0.1, 0.15) is 28.5 Å². The van der Waals surface area contributed by atoms with E-state index in [1.165, 1.54) is 10.6 Å². The molecule has 2 heterocycles. The fourth-order valence-corrected chi connectivity index (χ4v) is 2.98. The molecule has 0 amide bonds. The molecule has 23 heavy (non-hydrogen) atoms. The summed E-state index contributed by atoms with van der Waals surface area (Å²) in [5.41, 5.74) is 1.10. The minimum atomic E-state index is -0.643. The van der Waals surface area contributed by atoms with Crippen LogP contribution in [0.15, 0.2) is 30.7 Å². The summed E-state index contributed by atoms with van der Waals surface area (Å²) in [6.07, 6.45) is 0.571. The fraction of sp³-hybridized carbons (Fsp3) is 0.286. The monoisotopic (exact) mass is 335 g/mol. The van der Waals surface area contributed by atoms with Crippen molar-refractivity contribution in [2.75, 3.05) is 0 Å². The van der Waals surface area contributed by atoms with Gasteiger partial charge in [0.1, 0.15) is 0 Å². The van der Waals surface area contributed by atoms with E-state index < -0.39 is 11.5 Å². The van der Waals surface area contributed by atoms with Gasteiger partial charge in [0.2, 0.25) is 0 Å². The first-order valence-corrected chi connectivity index (χ1v) is 7.22. The summed E-state index contributed by atoms with van der Waals surface area (Å²) in [6.45, 7) is 0. The van der Waals surface area contributed by atoms with Crippen molar-refractivity contribution in [3.63, 3.8) is 0 Å². The molecule has 1 aromatic carbocycles. The van der Waals surface area contributed by atoms with Gasteiger partial charge in [0.25, 0.3) is 0 Å². The lowest BCUT2D eigenvalue weighted by Gasteiger charge is -2.02. The Morgan fingerprint density at radius 2 is 2.22 bits per heavy atom. The summed E-state index contributed by atoms with van der Waals surface area (Å²) in [4.78, 5) is 37.6. The normalized spacial score (nSPS) is 20.1. The fourth-order valence-electron chi connectivity index (χ4n) is 2.73. The van der Waals surface area contributed by atoms with E-state index in [1.807, 2.05) is 0 Å². The SMILES string of the molecule is Cn1c(=O)oc2c(Cl)cc(C(=O)[C@H]3C[C@@H]3c3noc(=O)[nH]3)cc21. The second-order valence-electron chi connectivity index (χ2n) is 5.53. The maximum absolute atomic E-state index is 12.6. The average Bonchev–Trinajstić information content (AvgIpc) is 3.12. The summed E-state index contributed by atoms with van der Waals surface area (Å²) in [5.74, 6) is -1.41. The second kappa shape index (κ2) is 4.69. The van der Waals surface area contributed by atoms with Crippen molar-refractivity contribution < 1.29 is 13.7 Å². The molecule has 3 aromatic rings. The number of carbonyl (C=O) groups is 1. The first-order chi connectivity index (χ1) is 11.0. The molecular formula is C14H10ClN3O5. The van der Waals surface area contributed by atoms with Crippen LogP contribution in [0.25, 0.3) is 11.1 Å².